The Labute approximate surface area is 112 Å². The van der Waals surface area contributed by atoms with E-state index >= 15 is 0 Å². The van der Waals surface area contributed by atoms with E-state index in [0.717, 1.165) is 0 Å². The molecule has 94 valence electrons. The van der Waals surface area contributed by atoms with Crippen LogP contribution in [0.15, 0.2) is 35.1 Å². The summed E-state index contributed by atoms with van der Waals surface area (Å²) in [6, 6.07) is 4.24. The molecule has 1 aromatic heterocycles. The molecule has 0 fully saturated rings. The van der Waals surface area contributed by atoms with E-state index in [-0.39, 0.29) is 12.1 Å². The van der Waals surface area contributed by atoms with Gasteiger partial charge >= 0.3 is 0 Å². The van der Waals surface area contributed by atoms with Gasteiger partial charge in [-0.3, -0.25) is 4.79 Å². The lowest BCUT2D eigenvalue weighted by atomic mass is 10.2. The molecule has 0 unspecified atom stereocenters. The van der Waals surface area contributed by atoms with Crippen molar-refractivity contribution in [2.45, 2.75) is 6.54 Å². The summed E-state index contributed by atoms with van der Waals surface area (Å²) in [4.78, 5) is 15.9. The Kier molecular flexibility index (Phi) is 3.76. The van der Waals surface area contributed by atoms with Crippen LogP contribution in [0.1, 0.15) is 16.2 Å². The quantitative estimate of drug-likeness (QED) is 0.945. The largest absolute Gasteiger partial charge is 0.345 e. The van der Waals surface area contributed by atoms with E-state index in [2.05, 4.69) is 26.2 Å². The number of carbonyl (C=O) groups is 1. The molecule has 1 amide bonds. The highest BCUT2D eigenvalue weighted by Crippen LogP contribution is 2.15. The number of amides is 1. The Bertz CT molecular complexity index is 582. The van der Waals surface area contributed by atoms with E-state index < -0.39 is 11.7 Å². The van der Waals surface area contributed by atoms with Crippen LogP contribution in [0.3, 0.4) is 0 Å². The molecule has 0 aliphatic carbocycles. The van der Waals surface area contributed by atoms with Crippen LogP contribution in [0.25, 0.3) is 0 Å². The Morgan fingerprint density at radius 2 is 2.33 bits per heavy atom. The van der Waals surface area contributed by atoms with Gasteiger partial charge in [-0.2, -0.15) is 0 Å². The van der Waals surface area contributed by atoms with Crippen LogP contribution in [0.2, 0.25) is 0 Å². The summed E-state index contributed by atoms with van der Waals surface area (Å²) in [6.07, 6.45) is 3.42. The van der Waals surface area contributed by atoms with Crippen LogP contribution in [-0.4, -0.2) is 15.5 Å². The second-order valence-electron chi connectivity index (χ2n) is 3.76. The van der Waals surface area contributed by atoms with Gasteiger partial charge in [-0.25, -0.2) is 9.37 Å². The van der Waals surface area contributed by atoms with Gasteiger partial charge in [0.2, 0.25) is 0 Å². The topological polar surface area (TPSA) is 46.9 Å². The van der Waals surface area contributed by atoms with Gasteiger partial charge in [-0.05, 0) is 18.2 Å². The summed E-state index contributed by atoms with van der Waals surface area (Å²) in [5.74, 6) is -0.300. The number of hydrogen-bond acceptors (Lipinski definition) is 2. The van der Waals surface area contributed by atoms with E-state index in [4.69, 9.17) is 0 Å². The van der Waals surface area contributed by atoms with Crippen molar-refractivity contribution < 1.29 is 9.18 Å². The van der Waals surface area contributed by atoms with E-state index in [1.54, 1.807) is 23.0 Å². The van der Waals surface area contributed by atoms with Gasteiger partial charge in [-0.15, -0.1) is 0 Å². The molecule has 0 aliphatic rings. The molecule has 1 aromatic carbocycles. The van der Waals surface area contributed by atoms with Crippen molar-refractivity contribution in [1.82, 2.24) is 14.9 Å². The van der Waals surface area contributed by atoms with Crippen molar-refractivity contribution in [2.75, 3.05) is 0 Å². The fourth-order valence-electron chi connectivity index (χ4n) is 1.49. The Morgan fingerprint density at radius 1 is 1.56 bits per heavy atom. The molecule has 1 heterocycles. The second kappa shape index (κ2) is 5.30. The fourth-order valence-corrected chi connectivity index (χ4v) is 1.85. The number of halogens is 2. The van der Waals surface area contributed by atoms with Crippen molar-refractivity contribution >= 4 is 21.8 Å². The number of aromatic nitrogens is 2. The summed E-state index contributed by atoms with van der Waals surface area (Å²) < 4.78 is 15.9. The summed E-state index contributed by atoms with van der Waals surface area (Å²) in [5, 5.41) is 2.63. The SMILES string of the molecule is Cn1ccnc1CNC(=O)c1cc(Br)ccc1F. The first-order valence-electron chi connectivity index (χ1n) is 5.27. The lowest BCUT2D eigenvalue weighted by molar-refractivity contribution is 0.0945. The van der Waals surface area contributed by atoms with Crippen LogP contribution < -0.4 is 5.32 Å². The van der Waals surface area contributed by atoms with Gasteiger partial charge in [0.1, 0.15) is 11.6 Å². The number of rotatable bonds is 3. The van der Waals surface area contributed by atoms with Crippen molar-refractivity contribution in [3.8, 4) is 0 Å². The zero-order valence-corrected chi connectivity index (χ0v) is 11.2. The molecule has 4 nitrogen and oxygen atoms in total. The number of benzene rings is 1. The first-order valence-corrected chi connectivity index (χ1v) is 6.06. The van der Waals surface area contributed by atoms with E-state index in [1.807, 2.05) is 7.05 Å². The number of nitrogens with one attached hydrogen (secondary N) is 1. The first-order chi connectivity index (χ1) is 8.58. The third kappa shape index (κ3) is 2.76. The monoisotopic (exact) mass is 311 g/mol. The maximum Gasteiger partial charge on any atom is 0.254 e. The van der Waals surface area contributed by atoms with Gasteiger partial charge in [0.25, 0.3) is 5.91 Å². The van der Waals surface area contributed by atoms with Gasteiger partial charge in [0, 0.05) is 23.9 Å². The molecule has 18 heavy (non-hydrogen) atoms. The van der Waals surface area contributed by atoms with Crippen LogP contribution >= 0.6 is 15.9 Å². The minimum absolute atomic E-state index is 0.0126. The summed E-state index contributed by atoms with van der Waals surface area (Å²) in [6.45, 7) is 0.258. The third-order valence-electron chi connectivity index (χ3n) is 2.50. The van der Waals surface area contributed by atoms with Crippen molar-refractivity contribution in [2.24, 2.45) is 7.05 Å². The molecule has 0 bridgehead atoms. The van der Waals surface area contributed by atoms with Gasteiger partial charge in [0.05, 0.1) is 12.1 Å². The number of imidazole rings is 1. The van der Waals surface area contributed by atoms with Gasteiger partial charge in [-0.1, -0.05) is 15.9 Å². The van der Waals surface area contributed by atoms with Crippen molar-refractivity contribution in [3.63, 3.8) is 0 Å². The average molecular weight is 312 g/mol. The number of nitrogens with zero attached hydrogens (tertiary/aromatic N) is 2. The third-order valence-corrected chi connectivity index (χ3v) is 2.99. The zero-order chi connectivity index (χ0) is 13.1. The van der Waals surface area contributed by atoms with Crippen molar-refractivity contribution in [1.29, 1.82) is 0 Å². The lowest BCUT2D eigenvalue weighted by Crippen LogP contribution is -2.25. The fraction of sp³-hybridized carbons (Fsp3) is 0.167. The van der Waals surface area contributed by atoms with Crippen LogP contribution in [-0.2, 0) is 13.6 Å². The van der Waals surface area contributed by atoms with Gasteiger partial charge < -0.3 is 9.88 Å². The molecule has 0 radical (unpaired) electrons. The minimum Gasteiger partial charge on any atom is -0.345 e. The van der Waals surface area contributed by atoms with Crippen LogP contribution in [0, 0.1) is 5.82 Å². The van der Waals surface area contributed by atoms with Gasteiger partial charge in [0.15, 0.2) is 0 Å². The molecule has 2 aromatic rings. The molecular formula is C12H11BrFN3O. The highest BCUT2D eigenvalue weighted by Gasteiger charge is 2.12. The smallest absolute Gasteiger partial charge is 0.254 e. The maximum atomic E-state index is 13.5. The standard InChI is InChI=1S/C12H11BrFN3O/c1-17-5-4-15-11(17)7-16-12(18)9-6-8(13)2-3-10(9)14/h2-6H,7H2,1H3,(H,16,18). The predicted octanol–water partition coefficient (Wildman–Crippen LogP) is 2.25. The molecule has 0 aliphatic heterocycles. The summed E-state index contributed by atoms with van der Waals surface area (Å²) in [5.41, 5.74) is 0.0126. The zero-order valence-electron chi connectivity index (χ0n) is 9.65. The summed E-state index contributed by atoms with van der Waals surface area (Å²) >= 11 is 3.20. The maximum absolute atomic E-state index is 13.5. The van der Waals surface area contributed by atoms with E-state index in [0.29, 0.717) is 10.3 Å². The number of carbonyl (C=O) groups excluding carboxylic acids is 1. The van der Waals surface area contributed by atoms with E-state index in [9.17, 15) is 9.18 Å². The highest BCUT2D eigenvalue weighted by atomic mass is 79.9. The van der Waals surface area contributed by atoms with Crippen LogP contribution in [0.5, 0.6) is 0 Å². The molecule has 1 N–H and O–H groups in total. The highest BCUT2D eigenvalue weighted by molar-refractivity contribution is 9.10. The number of aryl methyl sites for hydroxylation is 1. The van der Waals surface area contributed by atoms with E-state index in [1.165, 1.54) is 12.1 Å². The molecule has 0 saturated carbocycles. The minimum atomic E-state index is -0.546. The molecule has 0 saturated heterocycles. The normalized spacial score (nSPS) is 10.4. The average Bonchev–Trinajstić information content (AvgIpc) is 2.75. The first kappa shape index (κ1) is 12.8. The Balaban J connectivity index is 2.08. The summed E-state index contributed by atoms with van der Waals surface area (Å²) in [7, 11) is 1.83. The molecule has 0 spiro atoms. The number of hydrogen-bond donors (Lipinski definition) is 1. The lowest BCUT2D eigenvalue weighted by Gasteiger charge is -2.06. The Hall–Kier alpha value is -1.69. The molecule has 2 rings (SSSR count). The molecule has 6 heteroatoms. The molecule has 0 atom stereocenters. The van der Waals surface area contributed by atoms with Crippen LogP contribution in [0.4, 0.5) is 4.39 Å². The predicted molar refractivity (Wildman–Crippen MR) is 68.5 cm³/mol. The second-order valence-corrected chi connectivity index (χ2v) is 4.68. The Morgan fingerprint density at radius 3 is 3.00 bits per heavy atom. The van der Waals surface area contributed by atoms with Crippen molar-refractivity contribution in [3.05, 3.63) is 52.3 Å². The molecular weight excluding hydrogens is 301 g/mol.